The Morgan fingerprint density at radius 3 is 0.803 bits per heavy atom. The number of allylic oxidation sites excluding steroid dienone is 16. The molecule has 0 aromatic carbocycles. The van der Waals surface area contributed by atoms with Crippen molar-refractivity contribution in [2.45, 2.75) is 316 Å². The Bertz CT molecular complexity index is 1490. The van der Waals surface area contributed by atoms with E-state index in [4.69, 9.17) is 14.2 Å². The lowest BCUT2D eigenvalue weighted by molar-refractivity contribution is -0.167. The highest BCUT2D eigenvalue weighted by molar-refractivity contribution is 5.71. The molecule has 0 rings (SSSR count). The van der Waals surface area contributed by atoms with E-state index in [9.17, 15) is 14.4 Å². The molecule has 0 aliphatic heterocycles. The zero-order valence-corrected chi connectivity index (χ0v) is 50.0. The summed E-state index contributed by atoms with van der Waals surface area (Å²) in [5.41, 5.74) is 0. The smallest absolute Gasteiger partial charge is 0.306 e. The Balaban J connectivity index is 4.20. The predicted molar refractivity (Wildman–Crippen MR) is 330 cm³/mol. The normalized spacial score (nSPS) is 12.7. The van der Waals surface area contributed by atoms with Crippen molar-refractivity contribution in [3.8, 4) is 0 Å². The van der Waals surface area contributed by atoms with Crippen LogP contribution in [0.5, 0.6) is 0 Å². The van der Waals surface area contributed by atoms with Crippen molar-refractivity contribution in [3.63, 3.8) is 0 Å². The second kappa shape index (κ2) is 63.9. The van der Waals surface area contributed by atoms with Gasteiger partial charge in [0.1, 0.15) is 13.2 Å². The molecule has 0 aliphatic rings. The minimum atomic E-state index is -0.781. The first-order valence-corrected chi connectivity index (χ1v) is 32.2. The molecule has 0 N–H and O–H groups in total. The molecule has 76 heavy (non-hydrogen) atoms. The summed E-state index contributed by atoms with van der Waals surface area (Å²) in [7, 11) is 0. The van der Waals surface area contributed by atoms with Crippen LogP contribution in [0.1, 0.15) is 310 Å². The highest BCUT2D eigenvalue weighted by Gasteiger charge is 2.19. The van der Waals surface area contributed by atoms with Gasteiger partial charge in [-0.25, -0.2) is 0 Å². The maximum Gasteiger partial charge on any atom is 0.306 e. The molecule has 0 saturated heterocycles. The third kappa shape index (κ3) is 61.2. The molecule has 0 bridgehead atoms. The van der Waals surface area contributed by atoms with Gasteiger partial charge in [0.25, 0.3) is 0 Å². The molecular formula is C70H120O6. The van der Waals surface area contributed by atoms with Crippen molar-refractivity contribution in [3.05, 3.63) is 97.2 Å². The fourth-order valence-corrected chi connectivity index (χ4v) is 9.01. The molecule has 0 amide bonds. The fraction of sp³-hybridized carbons (Fsp3) is 0.729. The summed E-state index contributed by atoms with van der Waals surface area (Å²) in [4.78, 5) is 38.2. The van der Waals surface area contributed by atoms with Crippen LogP contribution in [0.4, 0.5) is 0 Å². The summed E-state index contributed by atoms with van der Waals surface area (Å²) < 4.78 is 16.9. The monoisotopic (exact) mass is 1060 g/mol. The Morgan fingerprint density at radius 1 is 0.276 bits per heavy atom. The van der Waals surface area contributed by atoms with Gasteiger partial charge in [-0.2, -0.15) is 0 Å². The third-order valence-electron chi connectivity index (χ3n) is 13.8. The largest absolute Gasteiger partial charge is 0.462 e. The number of esters is 3. The Labute approximate surface area is 470 Å². The van der Waals surface area contributed by atoms with Gasteiger partial charge in [0, 0.05) is 19.3 Å². The predicted octanol–water partition coefficient (Wildman–Crippen LogP) is 22.0. The van der Waals surface area contributed by atoms with Crippen LogP contribution in [0.25, 0.3) is 0 Å². The first-order chi connectivity index (χ1) is 37.5. The van der Waals surface area contributed by atoms with E-state index in [-0.39, 0.29) is 31.1 Å². The van der Waals surface area contributed by atoms with Crippen LogP contribution < -0.4 is 0 Å². The molecule has 436 valence electrons. The molecule has 0 fully saturated rings. The van der Waals surface area contributed by atoms with E-state index < -0.39 is 6.10 Å². The van der Waals surface area contributed by atoms with E-state index in [1.54, 1.807) is 0 Å². The standard InChI is InChI=1S/C70H120O6/c1-4-7-10-13-16-19-21-23-25-27-29-31-33-34-35-36-38-39-41-43-45-47-49-51-54-57-60-63-69(72)75-66-67(65-74-68(71)62-59-56-53-18-15-12-9-6-3)76-70(73)64-61-58-55-52-50-48-46-44-42-40-37-32-30-28-26-24-22-20-17-14-11-8-5-2/h7,10,16,19,22-25,28-31,34-35,37,40,67H,4-6,8-9,11-15,17-18,20-21,26-27,32-33,36,38-39,41-66H2,1-3H3/b10-7-,19-16-,24-22-,25-23-,30-28-,31-29-,35-34-,40-37-. The minimum absolute atomic E-state index is 0.0793. The zero-order chi connectivity index (χ0) is 55.0. The molecule has 0 heterocycles. The summed E-state index contributed by atoms with van der Waals surface area (Å²) in [6.07, 6.45) is 85.7. The molecule has 6 heteroatoms. The topological polar surface area (TPSA) is 78.9 Å². The lowest BCUT2D eigenvalue weighted by Crippen LogP contribution is -2.30. The van der Waals surface area contributed by atoms with Crippen LogP contribution in [0.3, 0.4) is 0 Å². The second-order valence-electron chi connectivity index (χ2n) is 21.3. The maximum absolute atomic E-state index is 12.9. The van der Waals surface area contributed by atoms with Crippen LogP contribution in [0.2, 0.25) is 0 Å². The van der Waals surface area contributed by atoms with Crippen molar-refractivity contribution >= 4 is 17.9 Å². The molecule has 1 unspecified atom stereocenters. The van der Waals surface area contributed by atoms with Crippen LogP contribution in [0.15, 0.2) is 97.2 Å². The van der Waals surface area contributed by atoms with Crippen molar-refractivity contribution in [2.75, 3.05) is 13.2 Å². The van der Waals surface area contributed by atoms with E-state index in [0.717, 1.165) is 109 Å². The minimum Gasteiger partial charge on any atom is -0.462 e. The van der Waals surface area contributed by atoms with Gasteiger partial charge in [-0.1, -0.05) is 285 Å². The van der Waals surface area contributed by atoms with Gasteiger partial charge in [0.15, 0.2) is 6.10 Å². The lowest BCUT2D eigenvalue weighted by atomic mass is 10.0. The lowest BCUT2D eigenvalue weighted by Gasteiger charge is -2.18. The third-order valence-corrected chi connectivity index (χ3v) is 13.8. The van der Waals surface area contributed by atoms with Gasteiger partial charge in [-0.3, -0.25) is 14.4 Å². The summed E-state index contributed by atoms with van der Waals surface area (Å²) in [5.74, 6) is -0.885. The quantitative estimate of drug-likeness (QED) is 0.0261. The first-order valence-electron chi connectivity index (χ1n) is 32.2. The van der Waals surface area contributed by atoms with Crippen LogP contribution in [0, 0.1) is 0 Å². The van der Waals surface area contributed by atoms with Gasteiger partial charge in [-0.15, -0.1) is 0 Å². The fourth-order valence-electron chi connectivity index (χ4n) is 9.01. The van der Waals surface area contributed by atoms with E-state index in [0.29, 0.717) is 19.3 Å². The number of ether oxygens (including phenoxy) is 3. The van der Waals surface area contributed by atoms with Crippen LogP contribution >= 0.6 is 0 Å². The Kier molecular flexibility index (Phi) is 60.8. The first kappa shape index (κ1) is 72.3. The Morgan fingerprint density at radius 2 is 0.513 bits per heavy atom. The molecule has 0 aromatic heterocycles. The molecule has 0 radical (unpaired) electrons. The second-order valence-corrected chi connectivity index (χ2v) is 21.3. The molecule has 0 spiro atoms. The molecule has 1 atom stereocenters. The highest BCUT2D eigenvalue weighted by Crippen LogP contribution is 2.16. The van der Waals surface area contributed by atoms with Crippen LogP contribution in [-0.2, 0) is 28.6 Å². The number of rotatable bonds is 58. The van der Waals surface area contributed by atoms with E-state index in [2.05, 4.69) is 118 Å². The van der Waals surface area contributed by atoms with Gasteiger partial charge >= 0.3 is 17.9 Å². The highest BCUT2D eigenvalue weighted by atomic mass is 16.6. The van der Waals surface area contributed by atoms with Gasteiger partial charge in [0.2, 0.25) is 0 Å². The number of hydrogen-bond donors (Lipinski definition) is 0. The molecule has 6 nitrogen and oxygen atoms in total. The molecule has 0 saturated carbocycles. The molecular weight excluding hydrogens is 937 g/mol. The van der Waals surface area contributed by atoms with E-state index >= 15 is 0 Å². The van der Waals surface area contributed by atoms with Gasteiger partial charge in [0.05, 0.1) is 0 Å². The van der Waals surface area contributed by atoms with Crippen molar-refractivity contribution in [2.24, 2.45) is 0 Å². The number of hydrogen-bond acceptors (Lipinski definition) is 6. The summed E-state index contributed by atoms with van der Waals surface area (Å²) in [6, 6.07) is 0. The summed E-state index contributed by atoms with van der Waals surface area (Å²) in [5, 5.41) is 0. The van der Waals surface area contributed by atoms with Gasteiger partial charge in [-0.05, 0) is 103 Å². The van der Waals surface area contributed by atoms with E-state index in [1.807, 2.05) is 0 Å². The number of carbonyl (C=O) groups is 3. The average molecular weight is 1060 g/mol. The molecule has 0 aromatic rings. The molecule has 0 aliphatic carbocycles. The number of carbonyl (C=O) groups excluding carboxylic acids is 3. The van der Waals surface area contributed by atoms with Crippen molar-refractivity contribution in [1.29, 1.82) is 0 Å². The summed E-state index contributed by atoms with van der Waals surface area (Å²) >= 11 is 0. The SMILES string of the molecule is CC/C=C\C/C=C\C/C=C\C/C=C\C/C=C\CCCCCCCCCCCCCC(=O)OCC(COC(=O)CCCCCCCCCC)OC(=O)CCCCCCCCCC/C=C\C/C=C\C/C=C\CCCCCCC. The Hall–Kier alpha value is -3.67. The van der Waals surface area contributed by atoms with Crippen molar-refractivity contribution < 1.29 is 28.6 Å². The maximum atomic E-state index is 12.9. The van der Waals surface area contributed by atoms with E-state index in [1.165, 1.54) is 161 Å². The summed E-state index contributed by atoms with van der Waals surface area (Å²) in [6.45, 7) is 6.50. The van der Waals surface area contributed by atoms with Crippen LogP contribution in [-0.4, -0.2) is 37.2 Å². The zero-order valence-electron chi connectivity index (χ0n) is 50.0. The average Bonchev–Trinajstić information content (AvgIpc) is 3.42. The van der Waals surface area contributed by atoms with Gasteiger partial charge < -0.3 is 14.2 Å². The number of unbranched alkanes of at least 4 members (excludes halogenated alkanes) is 31. The van der Waals surface area contributed by atoms with Crippen molar-refractivity contribution in [1.82, 2.24) is 0 Å².